The summed E-state index contributed by atoms with van der Waals surface area (Å²) in [6.45, 7) is 5.93. The Labute approximate surface area is 111 Å². The predicted molar refractivity (Wildman–Crippen MR) is 69.2 cm³/mol. The molecule has 0 atom stereocenters. The van der Waals surface area contributed by atoms with Crippen LogP contribution < -0.4 is 0 Å². The summed E-state index contributed by atoms with van der Waals surface area (Å²) < 4.78 is 4.50. The molecule has 0 fully saturated rings. The van der Waals surface area contributed by atoms with Crippen molar-refractivity contribution in [3.63, 3.8) is 0 Å². The van der Waals surface area contributed by atoms with E-state index in [1.807, 2.05) is 20.8 Å². The van der Waals surface area contributed by atoms with E-state index in [4.69, 9.17) is 4.74 Å². The summed E-state index contributed by atoms with van der Waals surface area (Å²) in [6, 6.07) is 0. The van der Waals surface area contributed by atoms with Crippen LogP contribution in [0.1, 0.15) is 33.6 Å². The van der Waals surface area contributed by atoms with Gasteiger partial charge in [-0.3, -0.25) is 4.79 Å². The van der Waals surface area contributed by atoms with Crippen LogP contribution in [0, 0.1) is 5.41 Å². The van der Waals surface area contributed by atoms with Crippen LogP contribution in [0.25, 0.3) is 0 Å². The molecule has 0 radical (unpaired) electrons. The van der Waals surface area contributed by atoms with E-state index in [-0.39, 0.29) is 11.4 Å². The molecule has 2 nitrogen and oxygen atoms in total. The van der Waals surface area contributed by atoms with Crippen LogP contribution >= 0.6 is 47.8 Å². The summed E-state index contributed by atoms with van der Waals surface area (Å²) in [5, 5.41) is 0.718. The molecule has 0 spiro atoms. The van der Waals surface area contributed by atoms with Gasteiger partial charge in [0, 0.05) is 17.2 Å². The summed E-state index contributed by atoms with van der Waals surface area (Å²) in [5.41, 5.74) is -0.226. The standard InChI is InChI=1S/C9H15Br3O2/c1-4-5-7(13)14-9(11,12)8(2,3)6-10/h4-6H2,1-3H3. The van der Waals surface area contributed by atoms with Crippen LogP contribution in [0.3, 0.4) is 0 Å². The third-order valence-corrected chi connectivity index (χ3v) is 5.69. The first-order valence-corrected chi connectivity index (χ1v) is 7.13. The zero-order chi connectivity index (χ0) is 11.4. The lowest BCUT2D eigenvalue weighted by molar-refractivity contribution is -0.149. The molecule has 0 unspecified atom stereocenters. The van der Waals surface area contributed by atoms with E-state index in [0.29, 0.717) is 6.42 Å². The summed E-state index contributed by atoms with van der Waals surface area (Å²) >= 11 is 10.1. The molecule has 0 bridgehead atoms. The molecule has 0 aliphatic heterocycles. The van der Waals surface area contributed by atoms with Crippen molar-refractivity contribution in [2.45, 2.75) is 37.0 Å². The molecule has 0 heterocycles. The lowest BCUT2D eigenvalue weighted by atomic mass is 9.98. The Hall–Kier alpha value is 0.910. The van der Waals surface area contributed by atoms with Gasteiger partial charge in [-0.15, -0.1) is 0 Å². The number of carbonyl (C=O) groups excluding carboxylic acids is 1. The summed E-state index contributed by atoms with van der Waals surface area (Å²) in [7, 11) is 0. The first-order chi connectivity index (χ1) is 6.27. The minimum Gasteiger partial charge on any atom is -0.436 e. The average molecular weight is 395 g/mol. The Morgan fingerprint density at radius 1 is 1.36 bits per heavy atom. The van der Waals surface area contributed by atoms with Crippen molar-refractivity contribution < 1.29 is 9.53 Å². The molecular weight excluding hydrogens is 380 g/mol. The van der Waals surface area contributed by atoms with Gasteiger partial charge in [-0.1, -0.05) is 36.7 Å². The van der Waals surface area contributed by atoms with E-state index in [1.54, 1.807) is 0 Å². The van der Waals surface area contributed by atoms with Crippen LogP contribution in [0.5, 0.6) is 0 Å². The Bertz CT molecular complexity index is 202. The minimum atomic E-state index is -0.803. The van der Waals surface area contributed by atoms with Gasteiger partial charge in [-0.2, -0.15) is 0 Å². The Morgan fingerprint density at radius 3 is 2.21 bits per heavy atom. The third-order valence-electron chi connectivity index (χ3n) is 1.82. The van der Waals surface area contributed by atoms with E-state index in [9.17, 15) is 4.79 Å². The van der Waals surface area contributed by atoms with Gasteiger partial charge in [0.15, 0.2) is 0 Å². The number of alkyl halides is 3. The van der Waals surface area contributed by atoms with Gasteiger partial charge >= 0.3 is 5.97 Å². The summed E-state index contributed by atoms with van der Waals surface area (Å²) in [6.07, 6.45) is 1.24. The lowest BCUT2D eigenvalue weighted by Gasteiger charge is -2.35. The molecule has 0 aliphatic rings. The molecule has 0 N–H and O–H groups in total. The van der Waals surface area contributed by atoms with Gasteiger partial charge in [0.2, 0.25) is 3.42 Å². The van der Waals surface area contributed by atoms with Crippen LogP contribution in [-0.2, 0) is 9.53 Å². The number of hydrogen-bond donors (Lipinski definition) is 0. The highest BCUT2D eigenvalue weighted by atomic mass is 79.9. The number of ether oxygens (including phenoxy) is 1. The van der Waals surface area contributed by atoms with Crippen LogP contribution in [-0.4, -0.2) is 14.7 Å². The number of hydrogen-bond acceptors (Lipinski definition) is 2. The quantitative estimate of drug-likeness (QED) is 0.516. The van der Waals surface area contributed by atoms with Crippen LogP contribution in [0.2, 0.25) is 0 Å². The maximum atomic E-state index is 11.3. The van der Waals surface area contributed by atoms with Gasteiger partial charge in [0.1, 0.15) is 0 Å². The molecule has 0 amide bonds. The molecule has 14 heavy (non-hydrogen) atoms. The highest BCUT2D eigenvalue weighted by molar-refractivity contribution is 9.25. The summed E-state index contributed by atoms with van der Waals surface area (Å²) in [5.74, 6) is -0.199. The van der Waals surface area contributed by atoms with Gasteiger partial charge in [-0.25, -0.2) is 0 Å². The molecule has 0 saturated heterocycles. The monoisotopic (exact) mass is 392 g/mol. The Morgan fingerprint density at radius 2 is 1.86 bits per heavy atom. The molecule has 0 saturated carbocycles. The second kappa shape index (κ2) is 5.85. The highest BCUT2D eigenvalue weighted by Crippen LogP contribution is 2.46. The second-order valence-corrected chi connectivity index (χ2v) is 7.62. The van der Waals surface area contributed by atoms with Gasteiger partial charge in [0.25, 0.3) is 0 Å². The van der Waals surface area contributed by atoms with E-state index in [1.165, 1.54) is 0 Å². The van der Waals surface area contributed by atoms with Gasteiger partial charge in [0.05, 0.1) is 0 Å². The number of esters is 1. The molecule has 5 heteroatoms. The Balaban J connectivity index is 4.40. The zero-order valence-electron chi connectivity index (χ0n) is 8.57. The maximum Gasteiger partial charge on any atom is 0.307 e. The molecule has 0 rings (SSSR count). The fourth-order valence-corrected chi connectivity index (χ4v) is 2.40. The van der Waals surface area contributed by atoms with Gasteiger partial charge < -0.3 is 4.74 Å². The van der Waals surface area contributed by atoms with Crippen molar-refractivity contribution >= 4 is 53.8 Å². The molecule has 0 aromatic rings. The smallest absolute Gasteiger partial charge is 0.307 e. The van der Waals surface area contributed by atoms with Crippen molar-refractivity contribution in [3.05, 3.63) is 0 Å². The van der Waals surface area contributed by atoms with Crippen LogP contribution in [0.15, 0.2) is 0 Å². The van der Waals surface area contributed by atoms with Crippen LogP contribution in [0.4, 0.5) is 0 Å². The first-order valence-electron chi connectivity index (χ1n) is 4.42. The van der Waals surface area contributed by atoms with E-state index < -0.39 is 3.42 Å². The first kappa shape index (κ1) is 14.9. The van der Waals surface area contributed by atoms with Crippen molar-refractivity contribution in [1.82, 2.24) is 0 Å². The number of rotatable bonds is 5. The fraction of sp³-hybridized carbons (Fsp3) is 0.889. The van der Waals surface area contributed by atoms with Gasteiger partial charge in [-0.05, 0) is 38.3 Å². The predicted octanol–water partition coefficient (Wildman–Crippen LogP) is 4.19. The minimum absolute atomic E-state index is 0.199. The molecule has 0 aromatic carbocycles. The molecule has 0 aromatic heterocycles. The maximum absolute atomic E-state index is 11.3. The van der Waals surface area contributed by atoms with E-state index in [0.717, 1.165) is 11.8 Å². The number of carbonyl (C=O) groups is 1. The molecule has 84 valence electrons. The van der Waals surface area contributed by atoms with Crippen molar-refractivity contribution in [2.24, 2.45) is 5.41 Å². The third kappa shape index (κ3) is 4.19. The Kier molecular flexibility index (Phi) is 6.23. The SMILES string of the molecule is CCCC(=O)OC(Br)(Br)C(C)(C)CBr. The number of halogens is 3. The second-order valence-electron chi connectivity index (χ2n) is 3.76. The molecule has 0 aliphatic carbocycles. The highest BCUT2D eigenvalue weighted by Gasteiger charge is 2.43. The normalized spacial score (nSPS) is 12.7. The molecular formula is C9H15Br3O2. The summed E-state index contributed by atoms with van der Waals surface area (Å²) in [4.78, 5) is 11.3. The van der Waals surface area contributed by atoms with Crippen molar-refractivity contribution in [3.8, 4) is 0 Å². The van der Waals surface area contributed by atoms with E-state index >= 15 is 0 Å². The van der Waals surface area contributed by atoms with Crippen molar-refractivity contribution in [2.75, 3.05) is 5.33 Å². The van der Waals surface area contributed by atoms with Crippen molar-refractivity contribution in [1.29, 1.82) is 0 Å². The lowest BCUT2D eigenvalue weighted by Crippen LogP contribution is -2.39. The zero-order valence-corrected chi connectivity index (χ0v) is 13.3. The topological polar surface area (TPSA) is 26.3 Å². The fourth-order valence-electron chi connectivity index (χ4n) is 0.614. The average Bonchev–Trinajstić information content (AvgIpc) is 2.03. The van der Waals surface area contributed by atoms with E-state index in [2.05, 4.69) is 47.8 Å². The largest absolute Gasteiger partial charge is 0.436 e.